The number of aromatic nitrogens is 2. The SMILES string of the molecule is CCc1nsc(Sc2cccc(NC)c2[N+](=O)[O-])n1. The summed E-state index contributed by atoms with van der Waals surface area (Å²) in [4.78, 5) is 15.7. The van der Waals surface area contributed by atoms with Crippen molar-refractivity contribution in [1.29, 1.82) is 0 Å². The number of hydrogen-bond acceptors (Lipinski definition) is 7. The van der Waals surface area contributed by atoms with Gasteiger partial charge in [0.25, 0.3) is 0 Å². The van der Waals surface area contributed by atoms with Crippen molar-refractivity contribution in [2.24, 2.45) is 0 Å². The van der Waals surface area contributed by atoms with Crippen LogP contribution in [-0.4, -0.2) is 21.3 Å². The minimum Gasteiger partial charge on any atom is -0.383 e. The lowest BCUT2D eigenvalue weighted by Gasteiger charge is -2.05. The Bertz CT molecular complexity index is 600. The number of aryl methyl sites for hydroxylation is 1. The van der Waals surface area contributed by atoms with Gasteiger partial charge in [-0.3, -0.25) is 10.1 Å². The minimum absolute atomic E-state index is 0.0725. The Balaban J connectivity index is 2.36. The molecule has 0 saturated carbocycles. The Hall–Kier alpha value is -1.67. The van der Waals surface area contributed by atoms with E-state index in [0.29, 0.717) is 14.9 Å². The van der Waals surface area contributed by atoms with Crippen LogP contribution >= 0.6 is 23.3 Å². The molecule has 0 radical (unpaired) electrons. The first-order valence-electron chi connectivity index (χ1n) is 5.61. The van der Waals surface area contributed by atoms with E-state index in [1.54, 1.807) is 25.2 Å². The fourth-order valence-electron chi connectivity index (χ4n) is 1.51. The lowest BCUT2D eigenvalue weighted by Crippen LogP contribution is -1.98. The number of para-hydroxylation sites is 1. The van der Waals surface area contributed by atoms with Crippen molar-refractivity contribution in [3.63, 3.8) is 0 Å². The van der Waals surface area contributed by atoms with Gasteiger partial charge in [0.15, 0.2) is 4.34 Å². The van der Waals surface area contributed by atoms with Crippen LogP contribution in [0.4, 0.5) is 11.4 Å². The molecule has 0 atom stereocenters. The average molecular weight is 296 g/mol. The van der Waals surface area contributed by atoms with Crippen molar-refractivity contribution in [2.75, 3.05) is 12.4 Å². The lowest BCUT2D eigenvalue weighted by atomic mass is 10.3. The summed E-state index contributed by atoms with van der Waals surface area (Å²) in [6.07, 6.45) is 0.760. The van der Waals surface area contributed by atoms with Crippen LogP contribution in [0.25, 0.3) is 0 Å². The second kappa shape index (κ2) is 5.98. The third-order valence-corrected chi connectivity index (χ3v) is 4.25. The molecule has 2 aromatic rings. The molecule has 8 heteroatoms. The van der Waals surface area contributed by atoms with Gasteiger partial charge < -0.3 is 5.32 Å². The fourth-order valence-corrected chi connectivity index (χ4v) is 3.31. The number of nitrogens with zero attached hydrogens (tertiary/aromatic N) is 3. The van der Waals surface area contributed by atoms with Crippen LogP contribution in [-0.2, 0) is 6.42 Å². The molecule has 0 aliphatic heterocycles. The highest BCUT2D eigenvalue weighted by Gasteiger charge is 2.20. The summed E-state index contributed by atoms with van der Waals surface area (Å²) in [5, 5.41) is 14.0. The highest BCUT2D eigenvalue weighted by atomic mass is 32.2. The van der Waals surface area contributed by atoms with E-state index in [9.17, 15) is 10.1 Å². The molecule has 0 aliphatic carbocycles. The standard InChI is InChI=1S/C11H12N4O2S2/c1-3-9-13-11(19-14-9)18-8-6-4-5-7(12-2)10(8)15(16)17/h4-6,12H,3H2,1-2H3. The molecule has 0 aliphatic rings. The molecule has 1 N–H and O–H groups in total. The van der Waals surface area contributed by atoms with Crippen LogP contribution in [0.5, 0.6) is 0 Å². The molecule has 1 aromatic heterocycles. The van der Waals surface area contributed by atoms with Crippen molar-refractivity contribution < 1.29 is 4.92 Å². The topological polar surface area (TPSA) is 81.0 Å². The Morgan fingerprint density at radius 2 is 2.32 bits per heavy atom. The van der Waals surface area contributed by atoms with Crippen LogP contribution in [0.2, 0.25) is 0 Å². The maximum atomic E-state index is 11.2. The van der Waals surface area contributed by atoms with E-state index in [1.807, 2.05) is 6.92 Å². The summed E-state index contributed by atoms with van der Waals surface area (Å²) in [7, 11) is 1.66. The van der Waals surface area contributed by atoms with Gasteiger partial charge in [0.05, 0.1) is 9.82 Å². The van der Waals surface area contributed by atoms with Gasteiger partial charge in [-0.25, -0.2) is 4.98 Å². The number of nitro benzene ring substituents is 1. The predicted molar refractivity (Wildman–Crippen MR) is 76.1 cm³/mol. The Morgan fingerprint density at radius 1 is 1.53 bits per heavy atom. The molecule has 1 aromatic carbocycles. The first-order chi connectivity index (χ1) is 9.15. The van der Waals surface area contributed by atoms with E-state index in [4.69, 9.17) is 0 Å². The van der Waals surface area contributed by atoms with Gasteiger partial charge in [-0.2, -0.15) is 4.37 Å². The molecule has 0 unspecified atom stereocenters. The highest BCUT2D eigenvalue weighted by molar-refractivity contribution is 8.01. The molecular formula is C11H12N4O2S2. The van der Waals surface area contributed by atoms with E-state index < -0.39 is 0 Å². The van der Waals surface area contributed by atoms with Crippen molar-refractivity contribution >= 4 is 34.7 Å². The minimum atomic E-state index is -0.379. The zero-order chi connectivity index (χ0) is 13.8. The summed E-state index contributed by atoms with van der Waals surface area (Å²) in [6, 6.07) is 5.18. The monoisotopic (exact) mass is 296 g/mol. The zero-order valence-electron chi connectivity index (χ0n) is 10.4. The third kappa shape index (κ3) is 3.02. The van der Waals surface area contributed by atoms with E-state index in [-0.39, 0.29) is 10.6 Å². The molecule has 0 spiro atoms. The van der Waals surface area contributed by atoms with Crippen LogP contribution < -0.4 is 5.32 Å². The van der Waals surface area contributed by atoms with Crippen LogP contribution in [0.15, 0.2) is 27.4 Å². The number of nitro groups is 1. The number of benzene rings is 1. The second-order valence-corrected chi connectivity index (χ2v) is 5.63. The van der Waals surface area contributed by atoms with Crippen LogP contribution in [0, 0.1) is 10.1 Å². The van der Waals surface area contributed by atoms with Gasteiger partial charge in [0, 0.05) is 13.5 Å². The van der Waals surface area contributed by atoms with Crippen molar-refractivity contribution in [2.45, 2.75) is 22.6 Å². The largest absolute Gasteiger partial charge is 0.383 e. The third-order valence-electron chi connectivity index (χ3n) is 2.41. The summed E-state index contributed by atoms with van der Waals surface area (Å²) in [5.74, 6) is 0.764. The normalized spacial score (nSPS) is 10.4. The number of anilines is 1. The van der Waals surface area contributed by atoms with Gasteiger partial charge >= 0.3 is 5.69 Å². The van der Waals surface area contributed by atoms with E-state index in [1.165, 1.54) is 23.3 Å². The molecular weight excluding hydrogens is 284 g/mol. The first kappa shape index (κ1) is 13.8. The number of nitrogens with one attached hydrogen (secondary N) is 1. The summed E-state index contributed by atoms with van der Waals surface area (Å²) < 4.78 is 4.89. The summed E-state index contributed by atoms with van der Waals surface area (Å²) >= 11 is 2.53. The molecule has 6 nitrogen and oxygen atoms in total. The zero-order valence-corrected chi connectivity index (χ0v) is 12.0. The van der Waals surface area contributed by atoms with Crippen molar-refractivity contribution in [3.8, 4) is 0 Å². The molecule has 0 fully saturated rings. The van der Waals surface area contributed by atoms with E-state index >= 15 is 0 Å². The van der Waals surface area contributed by atoms with Crippen molar-refractivity contribution in [1.82, 2.24) is 9.36 Å². The molecule has 0 saturated heterocycles. The quantitative estimate of drug-likeness (QED) is 0.674. The Morgan fingerprint density at radius 3 is 2.89 bits per heavy atom. The maximum Gasteiger partial charge on any atom is 0.306 e. The number of hydrogen-bond donors (Lipinski definition) is 1. The molecule has 100 valence electrons. The average Bonchev–Trinajstić information content (AvgIpc) is 2.85. The smallest absolute Gasteiger partial charge is 0.306 e. The van der Waals surface area contributed by atoms with Gasteiger partial charge in [0.2, 0.25) is 0 Å². The van der Waals surface area contributed by atoms with Gasteiger partial charge in [-0.1, -0.05) is 24.8 Å². The molecule has 0 bridgehead atoms. The van der Waals surface area contributed by atoms with Gasteiger partial charge in [-0.15, -0.1) is 0 Å². The molecule has 2 rings (SSSR count). The Labute approximate surface area is 118 Å². The van der Waals surface area contributed by atoms with Gasteiger partial charge in [-0.05, 0) is 23.7 Å². The molecule has 0 amide bonds. The molecule has 19 heavy (non-hydrogen) atoms. The van der Waals surface area contributed by atoms with E-state index in [2.05, 4.69) is 14.7 Å². The van der Waals surface area contributed by atoms with E-state index in [0.717, 1.165) is 12.2 Å². The lowest BCUT2D eigenvalue weighted by molar-refractivity contribution is -0.386. The predicted octanol–water partition coefficient (Wildman–Crippen LogP) is 3.20. The fraction of sp³-hybridized carbons (Fsp3) is 0.273. The van der Waals surface area contributed by atoms with Crippen LogP contribution in [0.3, 0.4) is 0 Å². The number of rotatable bonds is 5. The maximum absolute atomic E-state index is 11.2. The summed E-state index contributed by atoms with van der Waals surface area (Å²) in [6.45, 7) is 1.97. The molecule has 1 heterocycles. The first-order valence-corrected chi connectivity index (χ1v) is 7.20. The second-order valence-electron chi connectivity index (χ2n) is 3.59. The highest BCUT2D eigenvalue weighted by Crippen LogP contribution is 2.39. The summed E-state index contributed by atoms with van der Waals surface area (Å²) in [5.41, 5.74) is 0.568. The van der Waals surface area contributed by atoms with Gasteiger partial charge in [0.1, 0.15) is 11.5 Å². The van der Waals surface area contributed by atoms with Crippen LogP contribution in [0.1, 0.15) is 12.7 Å². The van der Waals surface area contributed by atoms with Crippen molar-refractivity contribution in [3.05, 3.63) is 34.1 Å². The Kier molecular flexibility index (Phi) is 4.33.